The SMILES string of the molecule is Fc1cc(OC(F)(F)c2c(F)cc(Br)cc2F)cc(F)c1C(F)(F)F. The molecule has 0 N–H and O–H groups in total. The largest absolute Gasteiger partial charge is 0.432 e. The van der Waals surface area contributed by atoms with E-state index in [1.807, 2.05) is 0 Å². The van der Waals surface area contributed by atoms with Gasteiger partial charge in [0, 0.05) is 16.6 Å². The molecule has 0 fully saturated rings. The number of alkyl halides is 5. The van der Waals surface area contributed by atoms with Gasteiger partial charge >= 0.3 is 12.3 Å². The zero-order chi connectivity index (χ0) is 19.2. The minimum Gasteiger partial charge on any atom is -0.429 e. The Labute approximate surface area is 142 Å². The van der Waals surface area contributed by atoms with E-state index in [2.05, 4.69) is 20.7 Å². The first-order chi connectivity index (χ1) is 11.3. The lowest BCUT2D eigenvalue weighted by atomic mass is 10.1. The summed E-state index contributed by atoms with van der Waals surface area (Å²) in [5, 5.41) is 0. The van der Waals surface area contributed by atoms with Crippen LogP contribution in [-0.4, -0.2) is 0 Å². The molecule has 0 aliphatic carbocycles. The molecule has 0 bridgehead atoms. The molecule has 136 valence electrons. The van der Waals surface area contributed by atoms with Crippen molar-refractivity contribution in [2.75, 3.05) is 0 Å². The van der Waals surface area contributed by atoms with Gasteiger partial charge in [0.15, 0.2) is 0 Å². The molecule has 0 spiro atoms. The van der Waals surface area contributed by atoms with Crippen LogP contribution >= 0.6 is 15.9 Å². The minimum absolute atomic E-state index is 0.172. The fraction of sp³-hybridized carbons (Fsp3) is 0.143. The molecule has 0 aliphatic heterocycles. The second-order valence-corrected chi connectivity index (χ2v) is 5.54. The molecular weight excluding hydrogens is 435 g/mol. The van der Waals surface area contributed by atoms with E-state index in [1.54, 1.807) is 0 Å². The summed E-state index contributed by atoms with van der Waals surface area (Å²) in [5.74, 6) is -9.34. The van der Waals surface area contributed by atoms with Crippen LogP contribution < -0.4 is 4.74 Å². The van der Waals surface area contributed by atoms with Gasteiger partial charge in [-0.3, -0.25) is 0 Å². The maximum atomic E-state index is 13.9. The van der Waals surface area contributed by atoms with Crippen molar-refractivity contribution in [1.82, 2.24) is 0 Å². The maximum absolute atomic E-state index is 13.9. The van der Waals surface area contributed by atoms with Crippen LogP contribution in [0.5, 0.6) is 5.75 Å². The Morgan fingerprint density at radius 1 is 0.680 bits per heavy atom. The number of hydrogen-bond acceptors (Lipinski definition) is 1. The number of hydrogen-bond donors (Lipinski definition) is 0. The van der Waals surface area contributed by atoms with Gasteiger partial charge in [0.2, 0.25) is 0 Å². The van der Waals surface area contributed by atoms with Crippen LogP contribution in [0.15, 0.2) is 28.7 Å². The first kappa shape index (κ1) is 19.4. The van der Waals surface area contributed by atoms with Gasteiger partial charge in [0.25, 0.3) is 0 Å². The average molecular weight is 439 g/mol. The second kappa shape index (κ2) is 6.43. The van der Waals surface area contributed by atoms with Crippen LogP contribution in [0.1, 0.15) is 11.1 Å². The molecule has 2 aromatic rings. The first-order valence-electron chi connectivity index (χ1n) is 6.11. The lowest BCUT2D eigenvalue weighted by Gasteiger charge is -2.20. The molecule has 1 nitrogen and oxygen atoms in total. The number of halogens is 10. The Morgan fingerprint density at radius 2 is 1.08 bits per heavy atom. The highest BCUT2D eigenvalue weighted by molar-refractivity contribution is 9.10. The Kier molecular flexibility index (Phi) is 4.99. The molecule has 0 aliphatic rings. The molecule has 25 heavy (non-hydrogen) atoms. The van der Waals surface area contributed by atoms with Crippen LogP contribution in [0.3, 0.4) is 0 Å². The molecule has 0 heterocycles. The van der Waals surface area contributed by atoms with E-state index >= 15 is 0 Å². The summed E-state index contributed by atoms with van der Waals surface area (Å²) in [6.45, 7) is 0. The van der Waals surface area contributed by atoms with E-state index in [0.717, 1.165) is 0 Å². The third kappa shape index (κ3) is 4.02. The normalized spacial score (nSPS) is 12.4. The smallest absolute Gasteiger partial charge is 0.429 e. The molecule has 0 aromatic heterocycles. The first-order valence-corrected chi connectivity index (χ1v) is 6.90. The minimum atomic E-state index is -5.42. The summed E-state index contributed by atoms with van der Waals surface area (Å²) in [6.07, 6.45) is -10.2. The van der Waals surface area contributed by atoms with Crippen molar-refractivity contribution in [2.45, 2.75) is 12.3 Å². The summed E-state index contributed by atoms with van der Waals surface area (Å²) < 4.78 is 123. The van der Waals surface area contributed by atoms with E-state index in [0.29, 0.717) is 12.1 Å². The molecule has 0 amide bonds. The fourth-order valence-corrected chi connectivity index (χ4v) is 2.30. The maximum Gasteiger partial charge on any atom is 0.432 e. The molecular formula is C14H4BrF9O. The quantitative estimate of drug-likeness (QED) is 0.522. The van der Waals surface area contributed by atoms with E-state index in [-0.39, 0.29) is 16.6 Å². The summed E-state index contributed by atoms with van der Waals surface area (Å²) >= 11 is 2.65. The van der Waals surface area contributed by atoms with Gasteiger partial charge in [-0.25, -0.2) is 17.6 Å². The van der Waals surface area contributed by atoms with E-state index in [9.17, 15) is 39.5 Å². The van der Waals surface area contributed by atoms with Gasteiger partial charge in [-0.2, -0.15) is 22.0 Å². The summed E-state index contributed by atoms with van der Waals surface area (Å²) in [4.78, 5) is 0. The highest BCUT2D eigenvalue weighted by atomic mass is 79.9. The predicted octanol–water partition coefficient (Wildman–Crippen LogP) is 6.15. The van der Waals surface area contributed by atoms with Crippen molar-refractivity contribution in [3.05, 3.63) is 63.1 Å². The monoisotopic (exact) mass is 438 g/mol. The van der Waals surface area contributed by atoms with Crippen molar-refractivity contribution in [1.29, 1.82) is 0 Å². The molecule has 0 saturated heterocycles. The number of ether oxygens (including phenoxy) is 1. The average Bonchev–Trinajstić information content (AvgIpc) is 2.32. The lowest BCUT2D eigenvalue weighted by Crippen LogP contribution is -2.25. The third-order valence-corrected chi connectivity index (χ3v) is 3.30. The van der Waals surface area contributed by atoms with Gasteiger partial charge in [0.1, 0.15) is 40.1 Å². The summed E-state index contributed by atoms with van der Waals surface area (Å²) in [6, 6.07) is 0.607. The number of rotatable bonds is 3. The fourth-order valence-electron chi connectivity index (χ4n) is 1.90. The molecule has 0 atom stereocenters. The second-order valence-electron chi connectivity index (χ2n) is 4.62. The molecule has 0 unspecified atom stereocenters. The van der Waals surface area contributed by atoms with Crippen molar-refractivity contribution in [3.63, 3.8) is 0 Å². The van der Waals surface area contributed by atoms with E-state index in [4.69, 9.17) is 0 Å². The van der Waals surface area contributed by atoms with Crippen LogP contribution in [0.25, 0.3) is 0 Å². The van der Waals surface area contributed by atoms with Gasteiger partial charge in [-0.15, -0.1) is 0 Å². The number of benzene rings is 2. The Balaban J connectivity index is 2.46. The molecule has 0 radical (unpaired) electrons. The van der Waals surface area contributed by atoms with Crippen molar-refractivity contribution in [3.8, 4) is 5.75 Å². The van der Waals surface area contributed by atoms with Gasteiger partial charge in [-0.1, -0.05) is 15.9 Å². The summed E-state index contributed by atoms with van der Waals surface area (Å²) in [7, 11) is 0. The molecule has 2 aromatic carbocycles. The van der Waals surface area contributed by atoms with E-state index < -0.39 is 52.4 Å². The van der Waals surface area contributed by atoms with Crippen molar-refractivity contribution in [2.24, 2.45) is 0 Å². The topological polar surface area (TPSA) is 9.23 Å². The highest BCUT2D eigenvalue weighted by Crippen LogP contribution is 2.39. The molecule has 11 heteroatoms. The van der Waals surface area contributed by atoms with Crippen LogP contribution in [0.2, 0.25) is 0 Å². The van der Waals surface area contributed by atoms with Crippen molar-refractivity contribution >= 4 is 15.9 Å². The predicted molar refractivity (Wildman–Crippen MR) is 69.9 cm³/mol. The third-order valence-electron chi connectivity index (χ3n) is 2.84. The molecule has 0 saturated carbocycles. The Morgan fingerprint density at radius 3 is 1.48 bits per heavy atom. The summed E-state index contributed by atoms with van der Waals surface area (Å²) in [5.41, 5.74) is -4.19. The van der Waals surface area contributed by atoms with Crippen LogP contribution in [0.4, 0.5) is 39.5 Å². The van der Waals surface area contributed by atoms with Gasteiger partial charge < -0.3 is 4.74 Å². The van der Waals surface area contributed by atoms with Crippen LogP contribution in [-0.2, 0) is 12.3 Å². The Bertz CT molecular complexity index is 770. The van der Waals surface area contributed by atoms with Crippen LogP contribution in [0, 0.1) is 23.3 Å². The standard InChI is InChI=1S/C14H4BrF9O/c15-5-1-7(16)12(8(17)2-5)14(23,24)25-6-3-9(18)11(10(19)4-6)13(20,21)22/h1-4H. The highest BCUT2D eigenvalue weighted by Gasteiger charge is 2.43. The zero-order valence-electron chi connectivity index (χ0n) is 11.5. The lowest BCUT2D eigenvalue weighted by molar-refractivity contribution is -0.189. The molecule has 2 rings (SSSR count). The zero-order valence-corrected chi connectivity index (χ0v) is 13.1. The van der Waals surface area contributed by atoms with Gasteiger partial charge in [-0.05, 0) is 12.1 Å². The van der Waals surface area contributed by atoms with Gasteiger partial charge in [0.05, 0.1) is 0 Å². The Hall–Kier alpha value is -1.91. The van der Waals surface area contributed by atoms with E-state index in [1.165, 1.54) is 0 Å². The van der Waals surface area contributed by atoms with Crippen molar-refractivity contribution < 1.29 is 44.3 Å².